The minimum absolute atomic E-state index is 0.376. The van der Waals surface area contributed by atoms with Gasteiger partial charge in [0, 0.05) is 6.61 Å². The van der Waals surface area contributed by atoms with Crippen LogP contribution in [0.15, 0.2) is 0 Å². The molecule has 1 aliphatic rings. The molecule has 0 unspecified atom stereocenters. The minimum atomic E-state index is 0.376. The van der Waals surface area contributed by atoms with Gasteiger partial charge in [0.05, 0.1) is 0 Å². The van der Waals surface area contributed by atoms with Gasteiger partial charge in [-0.15, -0.1) is 0 Å². The van der Waals surface area contributed by atoms with Gasteiger partial charge in [0.25, 0.3) is 0 Å². The summed E-state index contributed by atoms with van der Waals surface area (Å²) < 4.78 is 0. The smallest absolute Gasteiger partial charge is 0.0431 e. The molecule has 1 fully saturated rings. The van der Waals surface area contributed by atoms with E-state index in [4.69, 9.17) is 5.11 Å². The number of aliphatic hydroxyl groups excluding tert-OH is 1. The number of hydrogen-bond acceptors (Lipinski definition) is 1. The molecule has 0 heterocycles. The van der Waals surface area contributed by atoms with Crippen molar-refractivity contribution in [1.82, 2.24) is 0 Å². The predicted octanol–water partition coefficient (Wildman–Crippen LogP) is 4.29. The molecule has 1 rings (SSSR count). The number of rotatable bonds is 10. The maximum Gasteiger partial charge on any atom is 0.0431 e. The molecule has 0 radical (unpaired) electrons. The van der Waals surface area contributed by atoms with E-state index < -0.39 is 0 Å². The molecule has 1 saturated carbocycles. The highest BCUT2D eigenvalue weighted by Gasteiger charge is 2.15. The fraction of sp³-hybridized carbons (Fsp3) is 1.00. The molecule has 0 spiro atoms. The molecule has 15 heavy (non-hydrogen) atoms. The van der Waals surface area contributed by atoms with Gasteiger partial charge in [0.15, 0.2) is 0 Å². The lowest BCUT2D eigenvalue weighted by atomic mass is 9.81. The zero-order chi connectivity index (χ0) is 10.8. The summed E-state index contributed by atoms with van der Waals surface area (Å²) in [5.41, 5.74) is 0. The van der Waals surface area contributed by atoms with Crippen LogP contribution in [-0.4, -0.2) is 11.7 Å². The van der Waals surface area contributed by atoms with Gasteiger partial charge in [0.1, 0.15) is 0 Å². The molecule has 1 N–H and O–H groups in total. The van der Waals surface area contributed by atoms with Crippen LogP contribution in [0.5, 0.6) is 0 Å². The molecule has 0 aromatic carbocycles. The molecule has 0 bridgehead atoms. The first-order valence-electron chi connectivity index (χ1n) is 7.04. The largest absolute Gasteiger partial charge is 0.396 e. The Labute approximate surface area is 95.3 Å². The van der Waals surface area contributed by atoms with E-state index in [-0.39, 0.29) is 0 Å². The Balaban J connectivity index is 1.66. The summed E-state index contributed by atoms with van der Waals surface area (Å²) in [4.78, 5) is 0. The van der Waals surface area contributed by atoms with Crippen LogP contribution < -0.4 is 0 Å². The summed E-state index contributed by atoms with van der Waals surface area (Å²) in [6.07, 6.45) is 16.7. The maximum atomic E-state index is 8.62. The average molecular weight is 212 g/mol. The number of hydrogen-bond donors (Lipinski definition) is 1. The van der Waals surface area contributed by atoms with Crippen molar-refractivity contribution in [2.45, 2.75) is 77.0 Å². The van der Waals surface area contributed by atoms with Gasteiger partial charge in [-0.2, -0.15) is 0 Å². The SMILES string of the molecule is OCCCCCCCCCCC1CCC1. The Hall–Kier alpha value is -0.0400. The predicted molar refractivity (Wildman–Crippen MR) is 66.0 cm³/mol. The molecule has 0 aliphatic heterocycles. The first kappa shape index (κ1) is 13.0. The summed E-state index contributed by atoms with van der Waals surface area (Å²) in [5, 5.41) is 8.62. The van der Waals surface area contributed by atoms with Crippen LogP contribution in [-0.2, 0) is 0 Å². The fourth-order valence-electron chi connectivity index (χ4n) is 2.39. The Bertz CT molecular complexity index is 129. The van der Waals surface area contributed by atoms with E-state index in [1.54, 1.807) is 0 Å². The Morgan fingerprint density at radius 1 is 0.733 bits per heavy atom. The lowest BCUT2D eigenvalue weighted by molar-refractivity contribution is 0.281. The van der Waals surface area contributed by atoms with Crippen LogP contribution in [0.25, 0.3) is 0 Å². The standard InChI is InChI=1S/C14H28O/c15-13-8-6-4-2-1-3-5-7-10-14-11-9-12-14/h14-15H,1-13H2. The third-order valence-electron chi connectivity index (χ3n) is 3.75. The van der Waals surface area contributed by atoms with Crippen molar-refractivity contribution < 1.29 is 5.11 Å². The first-order chi connectivity index (χ1) is 7.43. The third-order valence-corrected chi connectivity index (χ3v) is 3.75. The van der Waals surface area contributed by atoms with Crippen molar-refractivity contribution in [3.05, 3.63) is 0 Å². The molecule has 0 atom stereocenters. The normalized spacial score (nSPS) is 16.6. The van der Waals surface area contributed by atoms with E-state index in [9.17, 15) is 0 Å². The van der Waals surface area contributed by atoms with Crippen molar-refractivity contribution in [3.63, 3.8) is 0 Å². The first-order valence-corrected chi connectivity index (χ1v) is 7.04. The second-order valence-corrected chi connectivity index (χ2v) is 5.14. The highest BCUT2D eigenvalue weighted by atomic mass is 16.2. The van der Waals surface area contributed by atoms with Crippen molar-refractivity contribution in [2.75, 3.05) is 6.61 Å². The summed E-state index contributed by atoms with van der Waals surface area (Å²) in [6, 6.07) is 0. The van der Waals surface area contributed by atoms with Crippen LogP contribution in [0.1, 0.15) is 77.0 Å². The molecular weight excluding hydrogens is 184 g/mol. The molecule has 1 heteroatoms. The van der Waals surface area contributed by atoms with E-state index in [0.29, 0.717) is 6.61 Å². The van der Waals surface area contributed by atoms with E-state index in [0.717, 1.165) is 12.3 Å². The molecular formula is C14H28O. The Kier molecular flexibility index (Phi) is 7.99. The van der Waals surface area contributed by atoms with Gasteiger partial charge >= 0.3 is 0 Å². The van der Waals surface area contributed by atoms with E-state index in [1.807, 2.05) is 0 Å². The highest BCUT2D eigenvalue weighted by molar-refractivity contribution is 4.68. The van der Waals surface area contributed by atoms with Crippen molar-refractivity contribution in [1.29, 1.82) is 0 Å². The van der Waals surface area contributed by atoms with Crippen LogP contribution in [0.2, 0.25) is 0 Å². The maximum absolute atomic E-state index is 8.62. The van der Waals surface area contributed by atoms with Crippen LogP contribution in [0.4, 0.5) is 0 Å². The van der Waals surface area contributed by atoms with Gasteiger partial charge < -0.3 is 5.11 Å². The summed E-state index contributed by atoms with van der Waals surface area (Å²) in [7, 11) is 0. The third kappa shape index (κ3) is 6.94. The van der Waals surface area contributed by atoms with E-state index in [1.165, 1.54) is 70.6 Å². The lowest BCUT2D eigenvalue weighted by Gasteiger charge is -2.24. The summed E-state index contributed by atoms with van der Waals surface area (Å²) >= 11 is 0. The summed E-state index contributed by atoms with van der Waals surface area (Å²) in [5.74, 6) is 1.11. The van der Waals surface area contributed by atoms with Gasteiger partial charge in [-0.25, -0.2) is 0 Å². The van der Waals surface area contributed by atoms with E-state index in [2.05, 4.69) is 0 Å². The molecule has 0 aromatic heterocycles. The molecule has 0 amide bonds. The monoisotopic (exact) mass is 212 g/mol. The molecule has 90 valence electrons. The second-order valence-electron chi connectivity index (χ2n) is 5.14. The highest BCUT2D eigenvalue weighted by Crippen LogP contribution is 2.31. The Morgan fingerprint density at radius 3 is 1.73 bits per heavy atom. The number of unbranched alkanes of at least 4 members (excludes halogenated alkanes) is 7. The fourth-order valence-corrected chi connectivity index (χ4v) is 2.39. The lowest BCUT2D eigenvalue weighted by Crippen LogP contribution is -2.10. The quantitative estimate of drug-likeness (QED) is 0.536. The zero-order valence-corrected chi connectivity index (χ0v) is 10.2. The van der Waals surface area contributed by atoms with Crippen LogP contribution in [0, 0.1) is 5.92 Å². The topological polar surface area (TPSA) is 20.2 Å². The average Bonchev–Trinajstić information content (AvgIpc) is 2.18. The van der Waals surface area contributed by atoms with Crippen molar-refractivity contribution in [2.24, 2.45) is 5.92 Å². The number of aliphatic hydroxyl groups is 1. The van der Waals surface area contributed by atoms with Crippen LogP contribution >= 0.6 is 0 Å². The Morgan fingerprint density at radius 2 is 1.27 bits per heavy atom. The van der Waals surface area contributed by atoms with Crippen molar-refractivity contribution in [3.8, 4) is 0 Å². The zero-order valence-electron chi connectivity index (χ0n) is 10.2. The summed E-state index contributed by atoms with van der Waals surface area (Å²) in [6.45, 7) is 0.376. The second kappa shape index (κ2) is 9.21. The molecule has 0 aromatic rings. The van der Waals surface area contributed by atoms with E-state index >= 15 is 0 Å². The van der Waals surface area contributed by atoms with Crippen LogP contribution in [0.3, 0.4) is 0 Å². The molecule has 1 aliphatic carbocycles. The van der Waals surface area contributed by atoms with Gasteiger partial charge in [-0.1, -0.05) is 70.6 Å². The van der Waals surface area contributed by atoms with Gasteiger partial charge in [-0.05, 0) is 12.3 Å². The minimum Gasteiger partial charge on any atom is -0.396 e. The van der Waals surface area contributed by atoms with Gasteiger partial charge in [-0.3, -0.25) is 0 Å². The molecule has 1 nitrogen and oxygen atoms in total. The van der Waals surface area contributed by atoms with Gasteiger partial charge in [0.2, 0.25) is 0 Å². The van der Waals surface area contributed by atoms with Crippen molar-refractivity contribution >= 4 is 0 Å². The molecule has 0 saturated heterocycles.